The Bertz CT molecular complexity index is 809. The van der Waals surface area contributed by atoms with Gasteiger partial charge in [0.15, 0.2) is 0 Å². The predicted octanol–water partition coefficient (Wildman–Crippen LogP) is -0.0963. The Morgan fingerprint density at radius 2 is 2.14 bits per heavy atom. The van der Waals surface area contributed by atoms with Crippen LogP contribution in [0.3, 0.4) is 0 Å². The van der Waals surface area contributed by atoms with Crippen LogP contribution >= 0.6 is 0 Å². The summed E-state index contributed by atoms with van der Waals surface area (Å²) in [5.41, 5.74) is 6.06. The number of nitrogens with one attached hydrogen (secondary N) is 1. The van der Waals surface area contributed by atoms with E-state index in [-0.39, 0.29) is 13.1 Å². The lowest BCUT2D eigenvalue weighted by Crippen LogP contribution is -2.29. The second-order valence-corrected chi connectivity index (χ2v) is 4.27. The topological polar surface area (TPSA) is 90.1 Å². The van der Waals surface area contributed by atoms with Gasteiger partial charge in [-0.25, -0.2) is 4.79 Å². The van der Waals surface area contributed by atoms with Crippen molar-refractivity contribution < 1.29 is 4.74 Å². The standard InChI is InChI=1S/C15H15N3O3/c1-21-13-5-4-11(3-2-7-16)12(9-13)10-18-8-6-14(19)17-15(18)20/h4-6,8-9H,7,10,16H2,1H3,(H,17,19,20). The van der Waals surface area contributed by atoms with E-state index >= 15 is 0 Å². The van der Waals surface area contributed by atoms with Crippen molar-refractivity contribution in [3.8, 4) is 17.6 Å². The van der Waals surface area contributed by atoms with Gasteiger partial charge in [-0.1, -0.05) is 11.8 Å². The normalized spacial score (nSPS) is 9.81. The molecule has 0 unspecified atom stereocenters. The molecule has 2 rings (SSSR count). The van der Waals surface area contributed by atoms with Gasteiger partial charge in [-0.3, -0.25) is 14.3 Å². The van der Waals surface area contributed by atoms with Crippen LogP contribution in [0.2, 0.25) is 0 Å². The number of methoxy groups -OCH3 is 1. The average molecular weight is 285 g/mol. The highest BCUT2D eigenvalue weighted by Crippen LogP contribution is 2.17. The van der Waals surface area contributed by atoms with Crippen LogP contribution in [0.1, 0.15) is 11.1 Å². The van der Waals surface area contributed by atoms with Crippen molar-refractivity contribution >= 4 is 0 Å². The average Bonchev–Trinajstić information content (AvgIpc) is 2.48. The van der Waals surface area contributed by atoms with Gasteiger partial charge < -0.3 is 10.5 Å². The number of hydrogen-bond acceptors (Lipinski definition) is 4. The van der Waals surface area contributed by atoms with Crippen molar-refractivity contribution in [2.24, 2.45) is 5.73 Å². The summed E-state index contributed by atoms with van der Waals surface area (Å²) in [6.45, 7) is 0.533. The lowest BCUT2D eigenvalue weighted by atomic mass is 10.1. The van der Waals surface area contributed by atoms with Gasteiger partial charge in [0, 0.05) is 17.8 Å². The maximum atomic E-state index is 11.7. The van der Waals surface area contributed by atoms with E-state index in [4.69, 9.17) is 10.5 Å². The number of nitrogens with zero attached hydrogens (tertiary/aromatic N) is 1. The molecule has 21 heavy (non-hydrogen) atoms. The molecule has 1 heterocycles. The zero-order chi connectivity index (χ0) is 15.2. The number of benzene rings is 1. The molecule has 0 saturated heterocycles. The van der Waals surface area contributed by atoms with Crippen LogP contribution in [-0.4, -0.2) is 23.2 Å². The number of aromatic amines is 1. The SMILES string of the molecule is COc1ccc(C#CCN)c(Cn2ccc(=O)[nH]c2=O)c1. The number of ether oxygens (including phenoxy) is 1. The number of nitrogens with two attached hydrogens (primary N) is 1. The molecule has 0 radical (unpaired) electrons. The quantitative estimate of drug-likeness (QED) is 0.771. The van der Waals surface area contributed by atoms with E-state index in [0.29, 0.717) is 5.75 Å². The summed E-state index contributed by atoms with van der Waals surface area (Å²) in [7, 11) is 1.57. The number of hydrogen-bond donors (Lipinski definition) is 2. The molecule has 0 aliphatic carbocycles. The van der Waals surface area contributed by atoms with Gasteiger partial charge in [0.05, 0.1) is 20.2 Å². The molecule has 3 N–H and O–H groups in total. The second-order valence-electron chi connectivity index (χ2n) is 4.27. The molecule has 0 atom stereocenters. The first-order valence-corrected chi connectivity index (χ1v) is 6.29. The summed E-state index contributed by atoms with van der Waals surface area (Å²) in [5, 5.41) is 0. The van der Waals surface area contributed by atoms with Crippen molar-refractivity contribution in [3.63, 3.8) is 0 Å². The summed E-state index contributed by atoms with van der Waals surface area (Å²) >= 11 is 0. The Kier molecular flexibility index (Phi) is 4.59. The van der Waals surface area contributed by atoms with Crippen LogP contribution in [0.15, 0.2) is 40.1 Å². The zero-order valence-corrected chi connectivity index (χ0v) is 11.6. The van der Waals surface area contributed by atoms with Crippen LogP contribution < -0.4 is 21.7 Å². The van der Waals surface area contributed by atoms with E-state index in [0.717, 1.165) is 11.1 Å². The van der Waals surface area contributed by atoms with Gasteiger partial charge in [-0.15, -0.1) is 0 Å². The fourth-order valence-corrected chi connectivity index (χ4v) is 1.85. The highest BCUT2D eigenvalue weighted by atomic mass is 16.5. The summed E-state index contributed by atoms with van der Waals surface area (Å²) in [4.78, 5) is 25.0. The first-order valence-electron chi connectivity index (χ1n) is 6.29. The number of H-pyrrole nitrogens is 1. The third kappa shape index (κ3) is 3.61. The van der Waals surface area contributed by atoms with E-state index in [9.17, 15) is 9.59 Å². The molecule has 0 bridgehead atoms. The van der Waals surface area contributed by atoms with E-state index in [1.807, 2.05) is 6.07 Å². The molecule has 0 amide bonds. The molecule has 1 aromatic heterocycles. The Balaban J connectivity index is 2.45. The third-order valence-electron chi connectivity index (χ3n) is 2.88. The van der Waals surface area contributed by atoms with Crippen molar-refractivity contribution in [2.75, 3.05) is 13.7 Å². The van der Waals surface area contributed by atoms with Crippen LogP contribution in [0.25, 0.3) is 0 Å². The molecule has 1 aromatic carbocycles. The second kappa shape index (κ2) is 6.59. The van der Waals surface area contributed by atoms with E-state index in [2.05, 4.69) is 16.8 Å². The molecule has 0 aliphatic heterocycles. The van der Waals surface area contributed by atoms with E-state index < -0.39 is 11.2 Å². The van der Waals surface area contributed by atoms with Crippen LogP contribution in [0, 0.1) is 11.8 Å². The minimum absolute atomic E-state index is 0.254. The molecule has 0 fully saturated rings. The minimum atomic E-state index is -0.469. The summed E-state index contributed by atoms with van der Waals surface area (Å²) in [5.74, 6) is 6.41. The number of rotatable bonds is 3. The van der Waals surface area contributed by atoms with Crippen molar-refractivity contribution in [2.45, 2.75) is 6.54 Å². The molecular weight excluding hydrogens is 270 g/mol. The summed E-state index contributed by atoms with van der Waals surface area (Å²) in [6.07, 6.45) is 1.45. The highest BCUT2D eigenvalue weighted by molar-refractivity contribution is 5.45. The smallest absolute Gasteiger partial charge is 0.328 e. The van der Waals surface area contributed by atoms with Gasteiger partial charge in [0.1, 0.15) is 5.75 Å². The van der Waals surface area contributed by atoms with Gasteiger partial charge in [0.2, 0.25) is 0 Å². The molecule has 6 nitrogen and oxygen atoms in total. The minimum Gasteiger partial charge on any atom is -0.497 e. The predicted molar refractivity (Wildman–Crippen MR) is 79.4 cm³/mol. The van der Waals surface area contributed by atoms with E-state index in [1.54, 1.807) is 19.2 Å². The molecule has 0 aliphatic rings. The Hall–Kier alpha value is -2.78. The maximum Gasteiger partial charge on any atom is 0.328 e. The highest BCUT2D eigenvalue weighted by Gasteiger charge is 2.05. The molecular formula is C15H15N3O3. The van der Waals surface area contributed by atoms with Gasteiger partial charge >= 0.3 is 5.69 Å². The lowest BCUT2D eigenvalue weighted by Gasteiger charge is -2.09. The zero-order valence-electron chi connectivity index (χ0n) is 11.6. The lowest BCUT2D eigenvalue weighted by molar-refractivity contribution is 0.414. The maximum absolute atomic E-state index is 11.7. The molecule has 0 spiro atoms. The largest absolute Gasteiger partial charge is 0.497 e. The molecule has 2 aromatic rings. The summed E-state index contributed by atoms with van der Waals surface area (Å²) in [6, 6.07) is 6.71. The van der Waals surface area contributed by atoms with Gasteiger partial charge in [0.25, 0.3) is 5.56 Å². The van der Waals surface area contributed by atoms with Crippen molar-refractivity contribution in [1.82, 2.24) is 9.55 Å². The van der Waals surface area contributed by atoms with Gasteiger partial charge in [-0.2, -0.15) is 0 Å². The first-order chi connectivity index (χ1) is 10.1. The Morgan fingerprint density at radius 1 is 1.33 bits per heavy atom. The third-order valence-corrected chi connectivity index (χ3v) is 2.88. The summed E-state index contributed by atoms with van der Waals surface area (Å²) < 4.78 is 6.58. The monoisotopic (exact) mass is 285 g/mol. The first kappa shape index (κ1) is 14.6. The van der Waals surface area contributed by atoms with Crippen molar-refractivity contribution in [1.29, 1.82) is 0 Å². The van der Waals surface area contributed by atoms with Crippen LogP contribution in [0.5, 0.6) is 5.75 Å². The van der Waals surface area contributed by atoms with E-state index in [1.165, 1.54) is 16.8 Å². The fourth-order valence-electron chi connectivity index (χ4n) is 1.85. The molecule has 0 saturated carbocycles. The fraction of sp³-hybridized carbons (Fsp3) is 0.200. The Morgan fingerprint density at radius 3 is 2.81 bits per heavy atom. The van der Waals surface area contributed by atoms with Crippen LogP contribution in [0.4, 0.5) is 0 Å². The molecule has 108 valence electrons. The van der Waals surface area contributed by atoms with Crippen LogP contribution in [-0.2, 0) is 6.54 Å². The number of aromatic nitrogens is 2. The molecule has 6 heteroatoms. The van der Waals surface area contributed by atoms with Gasteiger partial charge in [-0.05, 0) is 23.8 Å². The van der Waals surface area contributed by atoms with Crippen molar-refractivity contribution in [3.05, 3.63) is 62.4 Å². The Labute approximate surface area is 121 Å².